The van der Waals surface area contributed by atoms with Crippen LogP contribution in [0.15, 0.2) is 36.5 Å². The monoisotopic (exact) mass is 438 g/mol. The van der Waals surface area contributed by atoms with Crippen molar-refractivity contribution >= 4 is 27.7 Å². The number of carbonyl (C=O) groups is 1. The molecule has 162 valence electrons. The molecule has 3 heterocycles. The van der Waals surface area contributed by atoms with Crippen molar-refractivity contribution in [2.75, 3.05) is 11.5 Å². The van der Waals surface area contributed by atoms with E-state index in [1.54, 1.807) is 6.20 Å². The number of amides is 1. The van der Waals surface area contributed by atoms with Crippen LogP contribution >= 0.6 is 0 Å². The normalized spacial score (nSPS) is 23.0. The lowest BCUT2D eigenvalue weighted by molar-refractivity contribution is 0.0917. The van der Waals surface area contributed by atoms with Crippen molar-refractivity contribution in [3.63, 3.8) is 0 Å². The first kappa shape index (κ1) is 20.2. The quantitative estimate of drug-likeness (QED) is 0.637. The highest BCUT2D eigenvalue weighted by molar-refractivity contribution is 7.86. The van der Waals surface area contributed by atoms with Crippen LogP contribution in [0.1, 0.15) is 50.0 Å². The van der Waals surface area contributed by atoms with E-state index in [2.05, 4.69) is 24.1 Å². The van der Waals surface area contributed by atoms with E-state index in [4.69, 9.17) is 9.84 Å². The number of ether oxygens (including phenoxy) is 1. The molecule has 8 heteroatoms. The second-order valence-corrected chi connectivity index (χ2v) is 10.5. The van der Waals surface area contributed by atoms with Gasteiger partial charge in [-0.1, -0.05) is 12.1 Å². The third-order valence-corrected chi connectivity index (χ3v) is 7.53. The molecule has 0 unspecified atom stereocenters. The number of hydrogen-bond donors (Lipinski definition) is 1. The van der Waals surface area contributed by atoms with E-state index in [0.29, 0.717) is 23.2 Å². The molecule has 2 fully saturated rings. The summed E-state index contributed by atoms with van der Waals surface area (Å²) in [6.07, 6.45) is 4.14. The molecule has 1 aliphatic carbocycles. The Hall–Kier alpha value is -2.74. The van der Waals surface area contributed by atoms with Crippen molar-refractivity contribution in [2.24, 2.45) is 0 Å². The summed E-state index contributed by atoms with van der Waals surface area (Å²) >= 11 is 0. The summed E-state index contributed by atoms with van der Waals surface area (Å²) in [6.45, 7) is 6.03. The Balaban J connectivity index is 1.51. The van der Waals surface area contributed by atoms with Gasteiger partial charge in [0.25, 0.3) is 5.91 Å². The molecule has 0 bridgehead atoms. The largest absolute Gasteiger partial charge is 0.490 e. The second kappa shape index (κ2) is 7.44. The molecule has 1 saturated heterocycles. The van der Waals surface area contributed by atoms with E-state index >= 15 is 0 Å². The molecular weight excluding hydrogens is 412 g/mol. The Bertz CT molecular complexity index is 1190. The number of carbonyl (C=O) groups excluding carboxylic acids is 1. The summed E-state index contributed by atoms with van der Waals surface area (Å²) in [4.78, 5) is 17.4. The first-order valence-electron chi connectivity index (χ1n) is 10.6. The summed E-state index contributed by atoms with van der Waals surface area (Å²) in [5.41, 5.74) is 3.35. The highest BCUT2D eigenvalue weighted by Gasteiger charge is 2.39. The lowest BCUT2D eigenvalue weighted by atomic mass is 10.1. The van der Waals surface area contributed by atoms with Gasteiger partial charge < -0.3 is 10.1 Å². The Morgan fingerprint density at radius 3 is 2.74 bits per heavy atom. The van der Waals surface area contributed by atoms with E-state index in [-0.39, 0.29) is 11.9 Å². The first-order chi connectivity index (χ1) is 14.8. The average Bonchev–Trinajstić information content (AvgIpc) is 3.43. The minimum absolute atomic E-state index is 0.105. The minimum atomic E-state index is -0.841. The number of fused-ring (bicyclic) bond motifs is 1. The maximum atomic E-state index is 12.8. The average molecular weight is 439 g/mol. The number of aromatic nitrogens is 3. The van der Waals surface area contributed by atoms with E-state index in [9.17, 15) is 9.00 Å². The van der Waals surface area contributed by atoms with E-state index in [0.717, 1.165) is 40.9 Å². The highest BCUT2D eigenvalue weighted by Crippen LogP contribution is 2.33. The molecule has 1 aromatic carbocycles. The number of nitrogens with one attached hydrogen (secondary N) is 1. The van der Waals surface area contributed by atoms with Crippen molar-refractivity contribution in [1.82, 2.24) is 20.1 Å². The molecule has 2 aliphatic rings. The van der Waals surface area contributed by atoms with Crippen LogP contribution in [0, 0.1) is 0 Å². The van der Waals surface area contributed by atoms with Crippen molar-refractivity contribution in [1.29, 1.82) is 0 Å². The van der Waals surface area contributed by atoms with Crippen LogP contribution in [-0.4, -0.2) is 48.0 Å². The molecule has 7 nitrogen and oxygen atoms in total. The minimum Gasteiger partial charge on any atom is -0.490 e. The van der Waals surface area contributed by atoms with Gasteiger partial charge in [-0.25, -0.2) is 0 Å². The number of hydrogen-bond acceptors (Lipinski definition) is 5. The Labute approximate surface area is 183 Å². The lowest BCUT2D eigenvalue weighted by Crippen LogP contribution is -2.61. The highest BCUT2D eigenvalue weighted by atomic mass is 32.2. The van der Waals surface area contributed by atoms with Gasteiger partial charge in [0.15, 0.2) is 0 Å². The van der Waals surface area contributed by atoms with Gasteiger partial charge in [-0.15, -0.1) is 0 Å². The number of nitrogens with zero attached hydrogens (tertiary/aromatic N) is 3. The maximum absolute atomic E-state index is 12.8. The first-order valence-corrected chi connectivity index (χ1v) is 12.1. The van der Waals surface area contributed by atoms with Crippen molar-refractivity contribution in [3.8, 4) is 17.0 Å². The molecule has 5 rings (SSSR count). The van der Waals surface area contributed by atoms with Crippen molar-refractivity contribution in [3.05, 3.63) is 42.1 Å². The van der Waals surface area contributed by atoms with Gasteiger partial charge in [0.1, 0.15) is 17.0 Å². The molecular formula is C23H26N4O3S. The Morgan fingerprint density at radius 1 is 1.29 bits per heavy atom. The van der Waals surface area contributed by atoms with Gasteiger partial charge in [-0.2, -0.15) is 5.10 Å². The van der Waals surface area contributed by atoms with Crippen LogP contribution in [0.25, 0.3) is 22.3 Å². The summed E-state index contributed by atoms with van der Waals surface area (Å²) in [5.74, 6) is 1.62. The van der Waals surface area contributed by atoms with Gasteiger partial charge >= 0.3 is 0 Å². The number of benzene rings is 1. The molecule has 2 aromatic heterocycles. The molecule has 1 N–H and O–H groups in total. The fourth-order valence-electron chi connectivity index (χ4n) is 3.91. The van der Waals surface area contributed by atoms with Crippen LogP contribution in [0.5, 0.6) is 5.75 Å². The van der Waals surface area contributed by atoms with E-state index < -0.39 is 16.3 Å². The maximum Gasteiger partial charge on any atom is 0.253 e. The van der Waals surface area contributed by atoms with Crippen LogP contribution < -0.4 is 10.1 Å². The molecule has 1 saturated carbocycles. The van der Waals surface area contributed by atoms with Crippen molar-refractivity contribution < 1.29 is 13.7 Å². The van der Waals surface area contributed by atoms with Gasteiger partial charge in [-0.05, 0) is 51.8 Å². The van der Waals surface area contributed by atoms with Gasteiger partial charge in [0.2, 0.25) is 0 Å². The zero-order valence-electron chi connectivity index (χ0n) is 17.9. The predicted molar refractivity (Wildman–Crippen MR) is 121 cm³/mol. The van der Waals surface area contributed by atoms with Crippen molar-refractivity contribution in [2.45, 2.75) is 51.3 Å². The van der Waals surface area contributed by atoms with Crippen LogP contribution in [0.4, 0.5) is 0 Å². The van der Waals surface area contributed by atoms with Gasteiger partial charge in [-0.3, -0.25) is 18.7 Å². The third kappa shape index (κ3) is 3.96. The number of rotatable bonds is 6. The molecule has 0 radical (unpaired) electrons. The summed E-state index contributed by atoms with van der Waals surface area (Å²) in [7, 11) is -0.841. The zero-order valence-corrected chi connectivity index (χ0v) is 18.7. The molecule has 0 atom stereocenters. The molecule has 1 amide bonds. The predicted octanol–water partition coefficient (Wildman–Crippen LogP) is 3.47. The summed E-state index contributed by atoms with van der Waals surface area (Å²) in [5, 5.41) is 7.84. The SMILES string of the molecule is CC(C)n1nc(-c2cccc(OC3CC3)c2)c2ncc(C(=O)NC3(C)CS(=O)C3)cc21. The fourth-order valence-corrected chi connectivity index (χ4v) is 5.39. The summed E-state index contributed by atoms with van der Waals surface area (Å²) < 4.78 is 19.3. The molecule has 1 aliphatic heterocycles. The second-order valence-electron chi connectivity index (χ2n) is 9.07. The van der Waals surface area contributed by atoms with Crippen LogP contribution in [0.3, 0.4) is 0 Å². The summed E-state index contributed by atoms with van der Waals surface area (Å²) in [6, 6.07) is 9.90. The molecule has 31 heavy (non-hydrogen) atoms. The van der Waals surface area contributed by atoms with Gasteiger partial charge in [0.05, 0.1) is 22.7 Å². The van der Waals surface area contributed by atoms with E-state index in [1.165, 1.54) is 0 Å². The molecule has 0 spiro atoms. The fraction of sp³-hybridized carbons (Fsp3) is 0.435. The number of pyridine rings is 1. The Kier molecular flexibility index (Phi) is 4.84. The smallest absolute Gasteiger partial charge is 0.253 e. The lowest BCUT2D eigenvalue weighted by Gasteiger charge is -2.37. The Morgan fingerprint density at radius 2 is 2.06 bits per heavy atom. The molecule has 3 aromatic rings. The topological polar surface area (TPSA) is 86.1 Å². The third-order valence-electron chi connectivity index (χ3n) is 5.61. The standard InChI is InChI=1S/C23H26N4O3S/c1-14(2)27-19-10-16(22(28)25-23(3)12-31(29)13-23)11-24-21(19)20(26-27)15-5-4-6-18(9-15)30-17-7-8-17/h4-6,9-11,14,17H,7-8,12-13H2,1-3H3,(H,25,28). The van der Waals surface area contributed by atoms with E-state index in [1.807, 2.05) is 41.9 Å². The zero-order chi connectivity index (χ0) is 21.8. The van der Waals surface area contributed by atoms with Gasteiger partial charge in [0, 0.05) is 40.1 Å². The van der Waals surface area contributed by atoms with Crippen LogP contribution in [0.2, 0.25) is 0 Å². The van der Waals surface area contributed by atoms with Crippen LogP contribution in [-0.2, 0) is 10.8 Å².